The molecule has 0 atom stereocenters. The molecule has 1 saturated heterocycles. The molecule has 21 heavy (non-hydrogen) atoms. The van der Waals surface area contributed by atoms with Crippen molar-refractivity contribution in [2.45, 2.75) is 6.92 Å². The lowest BCUT2D eigenvalue weighted by Gasteiger charge is -2.33. The van der Waals surface area contributed by atoms with Gasteiger partial charge < -0.3 is 9.80 Å². The molecule has 0 amide bonds. The van der Waals surface area contributed by atoms with E-state index < -0.39 is 0 Å². The number of pyridine rings is 1. The molecule has 4 rings (SSSR count). The van der Waals surface area contributed by atoms with Crippen molar-refractivity contribution in [3.05, 3.63) is 24.2 Å². The number of aromatic nitrogens is 5. The summed E-state index contributed by atoms with van der Waals surface area (Å²) in [6.07, 6.45) is 3.58. The van der Waals surface area contributed by atoms with Crippen LogP contribution in [0.25, 0.3) is 16.8 Å². The second-order valence-corrected chi connectivity index (χ2v) is 5.61. The van der Waals surface area contributed by atoms with Crippen LogP contribution in [0.1, 0.15) is 5.56 Å². The summed E-state index contributed by atoms with van der Waals surface area (Å²) in [5.74, 6) is 0.879. The highest BCUT2D eigenvalue weighted by molar-refractivity contribution is 5.80. The van der Waals surface area contributed by atoms with Gasteiger partial charge in [0.2, 0.25) is 5.65 Å². The molecule has 108 valence electrons. The molecule has 4 heterocycles. The van der Waals surface area contributed by atoms with Gasteiger partial charge >= 0.3 is 0 Å². The molecule has 0 N–H and O–H groups in total. The molecule has 3 aromatic rings. The molecule has 0 bridgehead atoms. The van der Waals surface area contributed by atoms with Crippen LogP contribution >= 0.6 is 0 Å². The number of nitrogens with zero attached hydrogens (tertiary/aromatic N) is 7. The predicted octanol–water partition coefficient (Wildman–Crippen LogP) is 0.733. The van der Waals surface area contributed by atoms with Crippen LogP contribution in [0.15, 0.2) is 18.6 Å². The van der Waals surface area contributed by atoms with Crippen LogP contribution in [0.2, 0.25) is 0 Å². The Morgan fingerprint density at radius 3 is 2.76 bits per heavy atom. The lowest BCUT2D eigenvalue weighted by Crippen LogP contribution is -2.45. The minimum absolute atomic E-state index is 0.738. The van der Waals surface area contributed by atoms with Crippen molar-refractivity contribution >= 4 is 22.6 Å². The number of likely N-dealkylation sites (N-methyl/N-ethyl adjacent to an activating group) is 1. The van der Waals surface area contributed by atoms with Crippen LogP contribution < -0.4 is 4.90 Å². The number of anilines is 1. The van der Waals surface area contributed by atoms with Gasteiger partial charge in [-0.1, -0.05) is 0 Å². The zero-order valence-corrected chi connectivity index (χ0v) is 12.2. The van der Waals surface area contributed by atoms with Crippen LogP contribution in [0.3, 0.4) is 0 Å². The quantitative estimate of drug-likeness (QED) is 0.656. The van der Waals surface area contributed by atoms with Crippen LogP contribution in [0.4, 0.5) is 5.82 Å². The van der Waals surface area contributed by atoms with Gasteiger partial charge in [-0.25, -0.2) is 9.97 Å². The standard InChI is InChI=1S/C14H17N7/c1-10-7-11-12(15-8-10)17-13(14-18-16-9-21(11)14)20-5-3-19(2)4-6-20/h7-9H,3-6H2,1-2H3. The normalized spacial score (nSPS) is 17.0. The van der Waals surface area contributed by atoms with Crippen molar-refractivity contribution in [1.29, 1.82) is 0 Å². The van der Waals surface area contributed by atoms with Crippen molar-refractivity contribution < 1.29 is 0 Å². The Kier molecular flexibility index (Phi) is 2.75. The number of piperazine rings is 1. The van der Waals surface area contributed by atoms with E-state index in [2.05, 4.69) is 38.1 Å². The van der Waals surface area contributed by atoms with Crippen LogP contribution in [0.5, 0.6) is 0 Å². The summed E-state index contributed by atoms with van der Waals surface area (Å²) < 4.78 is 1.98. The van der Waals surface area contributed by atoms with Crippen molar-refractivity contribution in [3.8, 4) is 0 Å². The Morgan fingerprint density at radius 1 is 1.14 bits per heavy atom. The monoisotopic (exact) mass is 283 g/mol. The third kappa shape index (κ3) is 2.01. The van der Waals surface area contributed by atoms with E-state index in [1.54, 1.807) is 6.33 Å². The molecule has 0 unspecified atom stereocenters. The van der Waals surface area contributed by atoms with Crippen LogP contribution in [0, 0.1) is 6.92 Å². The summed E-state index contributed by atoms with van der Waals surface area (Å²) in [6, 6.07) is 2.07. The number of rotatable bonds is 1. The first-order valence-electron chi connectivity index (χ1n) is 7.12. The Bertz CT molecular complexity index is 802. The Labute approximate surface area is 122 Å². The third-order valence-corrected chi connectivity index (χ3v) is 4.01. The maximum Gasteiger partial charge on any atom is 0.204 e. The van der Waals surface area contributed by atoms with E-state index in [0.29, 0.717) is 0 Å². The molecular weight excluding hydrogens is 266 g/mol. The SMILES string of the molecule is Cc1cnc2nc(N3CCN(C)CC3)c3nncn3c2c1. The Morgan fingerprint density at radius 2 is 1.95 bits per heavy atom. The molecule has 1 aliphatic rings. The van der Waals surface area contributed by atoms with E-state index in [-0.39, 0.29) is 0 Å². The zero-order chi connectivity index (χ0) is 14.4. The average Bonchev–Trinajstić information content (AvgIpc) is 2.97. The number of fused-ring (bicyclic) bond motifs is 3. The average molecular weight is 283 g/mol. The second kappa shape index (κ2) is 4.63. The lowest BCUT2D eigenvalue weighted by molar-refractivity contribution is 0.312. The maximum absolute atomic E-state index is 4.74. The van der Waals surface area contributed by atoms with E-state index in [0.717, 1.165) is 54.4 Å². The minimum atomic E-state index is 0.738. The van der Waals surface area contributed by atoms with Gasteiger partial charge in [-0.2, -0.15) is 0 Å². The lowest BCUT2D eigenvalue weighted by atomic mass is 10.3. The van der Waals surface area contributed by atoms with Crippen LogP contribution in [-0.2, 0) is 0 Å². The van der Waals surface area contributed by atoms with Gasteiger partial charge in [0.05, 0.1) is 5.52 Å². The van der Waals surface area contributed by atoms with Crippen LogP contribution in [-0.4, -0.2) is 62.7 Å². The van der Waals surface area contributed by atoms with Gasteiger partial charge in [-0.15, -0.1) is 10.2 Å². The molecule has 1 aliphatic heterocycles. The third-order valence-electron chi connectivity index (χ3n) is 4.01. The van der Waals surface area contributed by atoms with E-state index in [1.165, 1.54) is 0 Å². The molecule has 0 saturated carbocycles. The van der Waals surface area contributed by atoms with E-state index >= 15 is 0 Å². The largest absolute Gasteiger partial charge is 0.351 e. The minimum Gasteiger partial charge on any atom is -0.351 e. The van der Waals surface area contributed by atoms with Gasteiger partial charge in [0, 0.05) is 32.4 Å². The van der Waals surface area contributed by atoms with Crippen molar-refractivity contribution in [2.75, 3.05) is 38.1 Å². The van der Waals surface area contributed by atoms with Gasteiger partial charge in [-0.05, 0) is 25.6 Å². The first kappa shape index (κ1) is 12.5. The fourth-order valence-corrected chi connectivity index (χ4v) is 2.75. The van der Waals surface area contributed by atoms with Gasteiger partial charge in [-0.3, -0.25) is 4.40 Å². The molecule has 1 fully saturated rings. The van der Waals surface area contributed by atoms with Gasteiger partial charge in [0.15, 0.2) is 11.5 Å². The molecule has 7 nitrogen and oxygen atoms in total. The fraction of sp³-hybridized carbons (Fsp3) is 0.429. The Hall–Kier alpha value is -2.28. The predicted molar refractivity (Wildman–Crippen MR) is 80.5 cm³/mol. The van der Waals surface area contributed by atoms with Crippen molar-refractivity contribution in [3.63, 3.8) is 0 Å². The molecule has 0 spiro atoms. The summed E-state index contributed by atoms with van der Waals surface area (Å²) in [6.45, 7) is 5.98. The van der Waals surface area contributed by atoms with E-state index in [4.69, 9.17) is 4.98 Å². The summed E-state index contributed by atoms with van der Waals surface area (Å²) in [5.41, 5.74) is 3.60. The highest BCUT2D eigenvalue weighted by Crippen LogP contribution is 2.23. The summed E-state index contributed by atoms with van der Waals surface area (Å²) >= 11 is 0. The number of aryl methyl sites for hydroxylation is 1. The summed E-state index contributed by atoms with van der Waals surface area (Å²) in [4.78, 5) is 13.8. The topological polar surface area (TPSA) is 62.5 Å². The zero-order valence-electron chi connectivity index (χ0n) is 12.2. The molecule has 0 radical (unpaired) electrons. The van der Waals surface area contributed by atoms with Crippen molar-refractivity contribution in [2.24, 2.45) is 0 Å². The van der Waals surface area contributed by atoms with Gasteiger partial charge in [0.1, 0.15) is 6.33 Å². The fourth-order valence-electron chi connectivity index (χ4n) is 2.75. The Balaban J connectivity index is 1.91. The first-order valence-corrected chi connectivity index (χ1v) is 7.12. The van der Waals surface area contributed by atoms with E-state index in [1.807, 2.05) is 17.5 Å². The molecule has 0 aliphatic carbocycles. The molecular formula is C14H17N7. The number of hydrogen-bond donors (Lipinski definition) is 0. The van der Waals surface area contributed by atoms with Gasteiger partial charge in [0.25, 0.3) is 0 Å². The highest BCUT2D eigenvalue weighted by Gasteiger charge is 2.20. The maximum atomic E-state index is 4.74. The first-order chi connectivity index (χ1) is 10.2. The summed E-state index contributed by atoms with van der Waals surface area (Å²) in [7, 11) is 2.14. The highest BCUT2D eigenvalue weighted by atomic mass is 15.3. The van der Waals surface area contributed by atoms with Crippen molar-refractivity contribution in [1.82, 2.24) is 29.5 Å². The molecule has 7 heteroatoms. The van der Waals surface area contributed by atoms with E-state index in [9.17, 15) is 0 Å². The summed E-state index contributed by atoms with van der Waals surface area (Å²) in [5, 5.41) is 8.32. The molecule has 3 aromatic heterocycles. The smallest absolute Gasteiger partial charge is 0.204 e. The molecule has 0 aromatic carbocycles. The second-order valence-electron chi connectivity index (χ2n) is 5.61. The number of hydrogen-bond acceptors (Lipinski definition) is 6.